The van der Waals surface area contributed by atoms with E-state index in [4.69, 9.17) is 9.90 Å². The summed E-state index contributed by atoms with van der Waals surface area (Å²) in [5.74, 6) is -1.64. The van der Waals surface area contributed by atoms with E-state index in [0.29, 0.717) is 0 Å². The van der Waals surface area contributed by atoms with E-state index in [-0.39, 0.29) is 24.7 Å². The Hall–Kier alpha value is -0.890. The van der Waals surface area contributed by atoms with Gasteiger partial charge in [0.25, 0.3) is 5.97 Å². The second-order valence-electron chi connectivity index (χ2n) is 2.28. The van der Waals surface area contributed by atoms with Crippen LogP contribution in [0.4, 0.5) is 0 Å². The summed E-state index contributed by atoms with van der Waals surface area (Å²) in [7, 11) is 0. The molecule has 0 unspecified atom stereocenters. The van der Waals surface area contributed by atoms with Gasteiger partial charge in [-0.05, 0) is 0 Å². The number of carbonyl (C=O) groups is 3. The van der Waals surface area contributed by atoms with Gasteiger partial charge in [-0.1, -0.05) is 0 Å². The summed E-state index contributed by atoms with van der Waals surface area (Å²) in [5, 5.41) is 7.42. The number of rotatable bonds is 5. The molecule has 0 atom stereocenters. The van der Waals surface area contributed by atoms with Crippen LogP contribution in [0.2, 0.25) is 0 Å². The fraction of sp³-hybridized carbons (Fsp3) is 0.625. The van der Waals surface area contributed by atoms with E-state index < -0.39 is 17.9 Å². The van der Waals surface area contributed by atoms with E-state index in [2.05, 4.69) is 34.7 Å². The van der Waals surface area contributed by atoms with Gasteiger partial charge in [0.15, 0.2) is 0 Å². The number of aliphatic carboxylic acids is 1. The molecule has 0 aromatic heterocycles. The van der Waals surface area contributed by atoms with Gasteiger partial charge in [-0.15, -0.1) is 0 Å². The third kappa shape index (κ3) is 18.8. The Morgan fingerprint density at radius 1 is 1.00 bits per heavy atom. The van der Waals surface area contributed by atoms with Crippen LogP contribution in [0.25, 0.3) is 0 Å². The van der Waals surface area contributed by atoms with E-state index in [1.165, 1.54) is 0 Å². The Kier molecular flexibility index (Phi) is 13.3. The number of hydrogen-bond acceptors (Lipinski definition) is 7. The lowest BCUT2D eigenvalue weighted by Crippen LogP contribution is -2.14. The van der Waals surface area contributed by atoms with Gasteiger partial charge in [0, 0.05) is 6.92 Å². The fourth-order valence-corrected chi connectivity index (χ4v) is 0.585. The van der Waals surface area contributed by atoms with Gasteiger partial charge in [0.05, 0.1) is 11.5 Å². The SMILES string of the molecule is CC(=O)O.O=C(CS)OCCOC(=O)CS. The molecule has 0 bridgehead atoms. The van der Waals surface area contributed by atoms with Gasteiger partial charge < -0.3 is 14.6 Å². The highest BCUT2D eigenvalue weighted by atomic mass is 32.1. The molecule has 0 aliphatic rings. The van der Waals surface area contributed by atoms with Gasteiger partial charge in [-0.3, -0.25) is 14.4 Å². The lowest BCUT2D eigenvalue weighted by Gasteiger charge is -2.03. The van der Waals surface area contributed by atoms with Crippen LogP contribution < -0.4 is 0 Å². The molecule has 94 valence electrons. The summed E-state index contributed by atoms with van der Waals surface area (Å²) in [5.41, 5.74) is 0. The normalized spacial score (nSPS) is 8.44. The molecule has 0 aliphatic carbocycles. The summed E-state index contributed by atoms with van der Waals surface area (Å²) in [6, 6.07) is 0. The number of carboxylic acids is 1. The Balaban J connectivity index is 0. The number of carbonyl (C=O) groups excluding carboxylic acids is 2. The van der Waals surface area contributed by atoms with Crippen molar-refractivity contribution in [3.8, 4) is 0 Å². The van der Waals surface area contributed by atoms with Crippen LogP contribution in [0.15, 0.2) is 0 Å². The van der Waals surface area contributed by atoms with E-state index >= 15 is 0 Å². The number of carboxylic acid groups (broad SMARTS) is 1. The van der Waals surface area contributed by atoms with Gasteiger partial charge in [0.2, 0.25) is 0 Å². The van der Waals surface area contributed by atoms with Crippen molar-refractivity contribution in [2.75, 3.05) is 24.7 Å². The van der Waals surface area contributed by atoms with Gasteiger partial charge in [-0.2, -0.15) is 25.3 Å². The Morgan fingerprint density at radius 2 is 1.25 bits per heavy atom. The molecule has 1 N–H and O–H groups in total. The molecule has 6 nitrogen and oxygen atoms in total. The fourth-order valence-electron chi connectivity index (χ4n) is 0.402. The van der Waals surface area contributed by atoms with Crippen LogP contribution in [0, 0.1) is 0 Å². The first-order valence-electron chi connectivity index (χ1n) is 4.16. The molecule has 0 aromatic rings. The summed E-state index contributed by atoms with van der Waals surface area (Å²) < 4.78 is 9.14. The summed E-state index contributed by atoms with van der Waals surface area (Å²) in [6.45, 7) is 1.22. The second kappa shape index (κ2) is 12.2. The number of hydrogen-bond donors (Lipinski definition) is 3. The summed E-state index contributed by atoms with van der Waals surface area (Å²) >= 11 is 7.36. The number of thiol groups is 2. The molecule has 0 radical (unpaired) electrons. The minimum Gasteiger partial charge on any atom is -0.481 e. The smallest absolute Gasteiger partial charge is 0.315 e. The minimum absolute atomic E-state index is 0.0283. The first kappa shape index (κ1) is 17.5. The molecule has 0 aromatic carbocycles. The average Bonchev–Trinajstić information content (AvgIpc) is 2.22. The molecule has 8 heteroatoms. The van der Waals surface area contributed by atoms with Gasteiger partial charge in [-0.25, -0.2) is 0 Å². The van der Waals surface area contributed by atoms with Crippen molar-refractivity contribution in [1.29, 1.82) is 0 Å². The maximum Gasteiger partial charge on any atom is 0.315 e. The predicted molar refractivity (Wildman–Crippen MR) is 62.9 cm³/mol. The van der Waals surface area contributed by atoms with Gasteiger partial charge in [0.1, 0.15) is 13.2 Å². The number of ether oxygens (including phenoxy) is 2. The zero-order valence-electron chi connectivity index (χ0n) is 8.71. The molecule has 16 heavy (non-hydrogen) atoms. The lowest BCUT2D eigenvalue weighted by atomic mass is 10.7. The summed E-state index contributed by atoms with van der Waals surface area (Å²) in [4.78, 5) is 29.9. The minimum atomic E-state index is -0.833. The Bertz CT molecular complexity index is 209. The predicted octanol–water partition coefficient (Wildman–Crippen LogP) is 0.0233. The standard InChI is InChI=1S/C6H10O4S2.C2H4O2/c7-5(3-11)9-1-2-10-6(8)4-12;1-2(3)4/h11-12H,1-4H2;1H3,(H,3,4). The summed E-state index contributed by atoms with van der Waals surface area (Å²) in [6.07, 6.45) is 0. The molecule has 0 spiro atoms. The largest absolute Gasteiger partial charge is 0.481 e. The lowest BCUT2D eigenvalue weighted by molar-refractivity contribution is -0.148. The second-order valence-corrected chi connectivity index (χ2v) is 2.91. The van der Waals surface area contributed by atoms with Gasteiger partial charge >= 0.3 is 11.9 Å². The molecule has 0 heterocycles. The first-order valence-corrected chi connectivity index (χ1v) is 5.43. The van der Waals surface area contributed by atoms with Crippen molar-refractivity contribution in [2.45, 2.75) is 6.92 Å². The molecule has 0 aliphatic heterocycles. The van der Waals surface area contributed by atoms with Crippen molar-refractivity contribution >= 4 is 43.2 Å². The van der Waals surface area contributed by atoms with Crippen LogP contribution in [0.3, 0.4) is 0 Å². The Labute approximate surface area is 104 Å². The monoisotopic (exact) mass is 270 g/mol. The van der Waals surface area contributed by atoms with Crippen molar-refractivity contribution in [1.82, 2.24) is 0 Å². The van der Waals surface area contributed by atoms with Crippen molar-refractivity contribution in [2.24, 2.45) is 0 Å². The highest BCUT2D eigenvalue weighted by Crippen LogP contribution is 1.85. The zero-order valence-corrected chi connectivity index (χ0v) is 10.5. The van der Waals surface area contributed by atoms with Crippen molar-refractivity contribution in [3.05, 3.63) is 0 Å². The highest BCUT2D eigenvalue weighted by molar-refractivity contribution is 7.81. The molecular weight excluding hydrogens is 256 g/mol. The number of esters is 2. The third-order valence-corrected chi connectivity index (χ3v) is 1.38. The van der Waals surface area contributed by atoms with E-state index in [1.54, 1.807) is 0 Å². The first-order chi connectivity index (χ1) is 7.43. The zero-order chi connectivity index (χ0) is 13.0. The third-order valence-electron chi connectivity index (χ3n) is 0.868. The van der Waals surface area contributed by atoms with E-state index in [9.17, 15) is 9.59 Å². The molecular formula is C8H14O6S2. The van der Waals surface area contributed by atoms with Crippen molar-refractivity contribution < 1.29 is 29.0 Å². The Morgan fingerprint density at radius 3 is 1.44 bits per heavy atom. The molecule has 0 amide bonds. The molecule has 0 rings (SSSR count). The topological polar surface area (TPSA) is 89.9 Å². The highest BCUT2D eigenvalue weighted by Gasteiger charge is 2.00. The average molecular weight is 270 g/mol. The maximum absolute atomic E-state index is 10.5. The molecule has 0 saturated heterocycles. The van der Waals surface area contributed by atoms with Crippen LogP contribution in [-0.2, 0) is 23.9 Å². The van der Waals surface area contributed by atoms with Crippen LogP contribution >= 0.6 is 25.3 Å². The quantitative estimate of drug-likeness (QED) is 0.371. The van der Waals surface area contributed by atoms with E-state index in [1.807, 2.05) is 0 Å². The molecule has 0 fully saturated rings. The molecule has 0 saturated carbocycles. The van der Waals surface area contributed by atoms with Crippen LogP contribution in [-0.4, -0.2) is 47.7 Å². The van der Waals surface area contributed by atoms with Crippen molar-refractivity contribution in [3.63, 3.8) is 0 Å². The van der Waals surface area contributed by atoms with Crippen LogP contribution in [0.1, 0.15) is 6.92 Å². The van der Waals surface area contributed by atoms with Crippen LogP contribution in [0.5, 0.6) is 0 Å². The maximum atomic E-state index is 10.5. The van der Waals surface area contributed by atoms with E-state index in [0.717, 1.165) is 6.92 Å².